The van der Waals surface area contributed by atoms with Crippen molar-refractivity contribution in [3.63, 3.8) is 0 Å². The number of carbonyl (C=O) groups excluding carboxylic acids is 1. The number of esters is 1. The molecule has 122 valence electrons. The van der Waals surface area contributed by atoms with Gasteiger partial charge in [0.2, 0.25) is 0 Å². The van der Waals surface area contributed by atoms with Gasteiger partial charge in [-0.1, -0.05) is 12.1 Å². The summed E-state index contributed by atoms with van der Waals surface area (Å²) in [6, 6.07) is 13.2. The molecular formula is C18H15FN2O3. The molecule has 5 nitrogen and oxygen atoms in total. The molecule has 0 saturated carbocycles. The first-order valence-electron chi connectivity index (χ1n) is 7.27. The molecule has 24 heavy (non-hydrogen) atoms. The summed E-state index contributed by atoms with van der Waals surface area (Å²) in [7, 11) is 1.36. The van der Waals surface area contributed by atoms with Crippen LogP contribution in [0.5, 0.6) is 5.75 Å². The van der Waals surface area contributed by atoms with Gasteiger partial charge in [-0.2, -0.15) is 5.10 Å². The Labute approximate surface area is 138 Å². The van der Waals surface area contributed by atoms with Gasteiger partial charge in [0.1, 0.15) is 6.61 Å². The molecule has 6 heteroatoms. The average Bonchev–Trinajstić information content (AvgIpc) is 3.14. The van der Waals surface area contributed by atoms with E-state index >= 15 is 0 Å². The summed E-state index contributed by atoms with van der Waals surface area (Å²) in [4.78, 5) is 12.0. The van der Waals surface area contributed by atoms with Crippen molar-refractivity contribution in [2.24, 2.45) is 0 Å². The molecule has 0 atom stereocenters. The second kappa shape index (κ2) is 6.95. The Morgan fingerprint density at radius 3 is 2.62 bits per heavy atom. The molecule has 0 aliphatic heterocycles. The average molecular weight is 326 g/mol. The lowest BCUT2D eigenvalue weighted by atomic mass is 10.2. The predicted molar refractivity (Wildman–Crippen MR) is 85.6 cm³/mol. The molecule has 0 unspecified atom stereocenters. The summed E-state index contributed by atoms with van der Waals surface area (Å²) in [5.41, 5.74) is 1.88. The summed E-state index contributed by atoms with van der Waals surface area (Å²) >= 11 is 0. The molecule has 0 N–H and O–H groups in total. The van der Waals surface area contributed by atoms with Gasteiger partial charge in [-0.25, -0.2) is 13.9 Å². The lowest BCUT2D eigenvalue weighted by Gasteiger charge is -2.07. The first-order valence-corrected chi connectivity index (χ1v) is 7.27. The number of nitrogens with zero attached hydrogens (tertiary/aromatic N) is 2. The zero-order valence-electron chi connectivity index (χ0n) is 13.0. The molecule has 0 fully saturated rings. The maximum absolute atomic E-state index is 13.6. The second-order valence-electron chi connectivity index (χ2n) is 5.04. The molecule has 3 rings (SSSR count). The van der Waals surface area contributed by atoms with Crippen LogP contribution in [0.25, 0.3) is 5.69 Å². The van der Waals surface area contributed by atoms with Gasteiger partial charge in [0.05, 0.1) is 18.4 Å². The molecule has 0 aliphatic carbocycles. The van der Waals surface area contributed by atoms with E-state index in [0.29, 0.717) is 0 Å². The third-order valence-electron chi connectivity index (χ3n) is 3.46. The van der Waals surface area contributed by atoms with Crippen LogP contribution in [-0.4, -0.2) is 22.9 Å². The van der Waals surface area contributed by atoms with E-state index in [0.717, 1.165) is 17.3 Å². The number of hydrogen-bond donors (Lipinski definition) is 0. The van der Waals surface area contributed by atoms with E-state index in [9.17, 15) is 9.18 Å². The molecule has 0 amide bonds. The lowest BCUT2D eigenvalue weighted by molar-refractivity contribution is 0.0472. The van der Waals surface area contributed by atoms with Crippen molar-refractivity contribution in [1.82, 2.24) is 9.78 Å². The Balaban J connectivity index is 1.63. The van der Waals surface area contributed by atoms with Gasteiger partial charge >= 0.3 is 5.97 Å². The van der Waals surface area contributed by atoms with Gasteiger partial charge in [-0.3, -0.25) is 0 Å². The van der Waals surface area contributed by atoms with Crippen molar-refractivity contribution in [3.8, 4) is 11.4 Å². The fraction of sp³-hybridized carbons (Fsp3) is 0.111. The Bertz CT molecular complexity index is 830. The summed E-state index contributed by atoms with van der Waals surface area (Å²) in [5, 5.41) is 4.14. The van der Waals surface area contributed by atoms with Crippen LogP contribution in [0.4, 0.5) is 4.39 Å². The zero-order chi connectivity index (χ0) is 16.9. The third kappa shape index (κ3) is 3.43. The monoisotopic (exact) mass is 326 g/mol. The standard InChI is InChI=1S/C18H15FN2O3/c1-23-17-8-5-14(11-16(17)19)18(22)24-12-13-3-6-15(7-4-13)21-10-2-9-20-21/h2-11H,12H2,1H3. The van der Waals surface area contributed by atoms with Gasteiger partial charge in [-0.05, 0) is 42.0 Å². The molecular weight excluding hydrogens is 311 g/mol. The SMILES string of the molecule is COc1ccc(C(=O)OCc2ccc(-n3cccn3)cc2)cc1F. The van der Waals surface area contributed by atoms with Crippen molar-refractivity contribution in [1.29, 1.82) is 0 Å². The highest BCUT2D eigenvalue weighted by molar-refractivity contribution is 5.89. The highest BCUT2D eigenvalue weighted by Gasteiger charge is 2.11. The summed E-state index contributed by atoms with van der Waals surface area (Å²) < 4.78 is 25.4. The lowest BCUT2D eigenvalue weighted by Crippen LogP contribution is -2.06. The minimum Gasteiger partial charge on any atom is -0.494 e. The Morgan fingerprint density at radius 1 is 1.21 bits per heavy atom. The van der Waals surface area contributed by atoms with Gasteiger partial charge in [0.15, 0.2) is 11.6 Å². The van der Waals surface area contributed by atoms with E-state index in [-0.39, 0.29) is 17.9 Å². The molecule has 3 aromatic rings. The molecule has 0 spiro atoms. The van der Waals surface area contributed by atoms with E-state index in [2.05, 4.69) is 5.10 Å². The van der Waals surface area contributed by atoms with Crippen LogP contribution in [0.3, 0.4) is 0 Å². The maximum Gasteiger partial charge on any atom is 0.338 e. The van der Waals surface area contributed by atoms with E-state index in [1.54, 1.807) is 10.9 Å². The number of rotatable bonds is 5. The molecule has 0 bridgehead atoms. The normalized spacial score (nSPS) is 10.4. The van der Waals surface area contributed by atoms with Crippen molar-refractivity contribution >= 4 is 5.97 Å². The highest BCUT2D eigenvalue weighted by atomic mass is 19.1. The van der Waals surface area contributed by atoms with Crippen molar-refractivity contribution in [2.45, 2.75) is 6.61 Å². The van der Waals surface area contributed by atoms with Crippen LogP contribution in [-0.2, 0) is 11.3 Å². The second-order valence-corrected chi connectivity index (χ2v) is 5.04. The van der Waals surface area contributed by atoms with Crippen LogP contribution >= 0.6 is 0 Å². The van der Waals surface area contributed by atoms with Crippen LogP contribution in [0.1, 0.15) is 15.9 Å². The number of benzene rings is 2. The fourth-order valence-corrected chi connectivity index (χ4v) is 2.19. The number of aromatic nitrogens is 2. The molecule has 1 heterocycles. The number of hydrogen-bond acceptors (Lipinski definition) is 4. The van der Waals surface area contributed by atoms with Gasteiger partial charge in [0.25, 0.3) is 0 Å². The third-order valence-corrected chi connectivity index (χ3v) is 3.46. The topological polar surface area (TPSA) is 53.4 Å². The fourth-order valence-electron chi connectivity index (χ4n) is 2.19. The zero-order valence-corrected chi connectivity index (χ0v) is 13.0. The quantitative estimate of drug-likeness (QED) is 0.675. The van der Waals surface area contributed by atoms with Gasteiger partial charge in [-0.15, -0.1) is 0 Å². The number of halogens is 1. The first-order chi connectivity index (χ1) is 11.7. The number of methoxy groups -OCH3 is 1. The Kier molecular flexibility index (Phi) is 4.56. The van der Waals surface area contributed by atoms with Crippen molar-refractivity contribution in [3.05, 3.63) is 77.9 Å². The van der Waals surface area contributed by atoms with E-state index in [4.69, 9.17) is 9.47 Å². The van der Waals surface area contributed by atoms with E-state index < -0.39 is 11.8 Å². The maximum atomic E-state index is 13.6. The van der Waals surface area contributed by atoms with E-state index in [1.165, 1.54) is 19.2 Å². The Hall–Kier alpha value is -3.15. The number of carbonyl (C=O) groups is 1. The minimum atomic E-state index is -0.601. The minimum absolute atomic E-state index is 0.0840. The molecule has 2 aromatic carbocycles. The van der Waals surface area contributed by atoms with Crippen LogP contribution in [0.2, 0.25) is 0 Å². The Morgan fingerprint density at radius 2 is 2.00 bits per heavy atom. The smallest absolute Gasteiger partial charge is 0.338 e. The van der Waals surface area contributed by atoms with Gasteiger partial charge < -0.3 is 9.47 Å². The molecule has 0 aliphatic rings. The molecule has 0 radical (unpaired) electrons. The van der Waals surface area contributed by atoms with Crippen molar-refractivity contribution < 1.29 is 18.7 Å². The van der Waals surface area contributed by atoms with Crippen LogP contribution < -0.4 is 4.74 Å². The summed E-state index contributed by atoms with van der Waals surface area (Å²) in [5.74, 6) is -1.11. The largest absolute Gasteiger partial charge is 0.494 e. The first kappa shape index (κ1) is 15.7. The van der Waals surface area contributed by atoms with Crippen LogP contribution in [0.15, 0.2) is 60.9 Å². The van der Waals surface area contributed by atoms with Crippen LogP contribution in [0, 0.1) is 5.82 Å². The van der Waals surface area contributed by atoms with E-state index in [1.807, 2.05) is 36.5 Å². The van der Waals surface area contributed by atoms with Gasteiger partial charge in [0, 0.05) is 12.4 Å². The summed E-state index contributed by atoms with van der Waals surface area (Å²) in [6.07, 6.45) is 3.54. The highest BCUT2D eigenvalue weighted by Crippen LogP contribution is 2.18. The van der Waals surface area contributed by atoms with Crippen molar-refractivity contribution in [2.75, 3.05) is 7.11 Å². The molecule has 0 saturated heterocycles. The summed E-state index contributed by atoms with van der Waals surface area (Å²) in [6.45, 7) is 0.103. The predicted octanol–water partition coefficient (Wildman–Crippen LogP) is 3.38. The number of ether oxygens (including phenoxy) is 2. The molecule has 1 aromatic heterocycles.